The predicted octanol–water partition coefficient (Wildman–Crippen LogP) is 3.58. The van der Waals surface area contributed by atoms with Gasteiger partial charge in [-0.1, -0.05) is 18.2 Å². The van der Waals surface area contributed by atoms with Gasteiger partial charge in [0, 0.05) is 26.2 Å². The van der Waals surface area contributed by atoms with Gasteiger partial charge >= 0.3 is 6.18 Å². The van der Waals surface area contributed by atoms with Crippen LogP contribution < -0.4 is 10.2 Å². The average Bonchev–Trinajstić information content (AvgIpc) is 3.17. The number of hydrogen-bond acceptors (Lipinski definition) is 7. The average molecular weight is 443 g/mol. The first kappa shape index (κ1) is 21.9. The van der Waals surface area contributed by atoms with E-state index in [0.29, 0.717) is 35.7 Å². The summed E-state index contributed by atoms with van der Waals surface area (Å²) in [6, 6.07) is 5.13. The van der Waals surface area contributed by atoms with E-state index in [9.17, 15) is 13.2 Å². The number of nitrogens with zero attached hydrogens (tertiary/aromatic N) is 6. The molecule has 1 aromatic heterocycles. The van der Waals surface area contributed by atoms with Crippen LogP contribution in [0.2, 0.25) is 0 Å². The third kappa shape index (κ3) is 5.50. The SMILES string of the molecule is CC1=CC(Nc2nc(/C=C/c3cccc(C(F)(F)F)c3)nc(N3CCN(C)CC3)n2)=NC1. The zero-order valence-corrected chi connectivity index (χ0v) is 17.9. The van der Waals surface area contributed by atoms with Crippen LogP contribution in [-0.4, -0.2) is 65.5 Å². The van der Waals surface area contributed by atoms with Crippen LogP contribution in [0.1, 0.15) is 23.9 Å². The highest BCUT2D eigenvalue weighted by Gasteiger charge is 2.30. The number of piperazine rings is 1. The van der Waals surface area contributed by atoms with Gasteiger partial charge in [-0.25, -0.2) is 0 Å². The summed E-state index contributed by atoms with van der Waals surface area (Å²) in [5.41, 5.74) is 0.845. The predicted molar refractivity (Wildman–Crippen MR) is 120 cm³/mol. The maximum absolute atomic E-state index is 13.0. The molecule has 0 bridgehead atoms. The molecule has 1 aromatic carbocycles. The molecule has 0 saturated carbocycles. The van der Waals surface area contributed by atoms with Gasteiger partial charge < -0.3 is 15.1 Å². The van der Waals surface area contributed by atoms with Crippen molar-refractivity contribution in [1.82, 2.24) is 19.9 Å². The van der Waals surface area contributed by atoms with E-state index in [1.807, 2.05) is 13.0 Å². The molecule has 0 radical (unpaired) electrons. The molecule has 4 rings (SSSR count). The Morgan fingerprint density at radius 3 is 2.50 bits per heavy atom. The Kier molecular flexibility index (Phi) is 6.22. The first-order valence-corrected chi connectivity index (χ1v) is 10.3. The van der Waals surface area contributed by atoms with Crippen LogP contribution in [-0.2, 0) is 6.18 Å². The van der Waals surface area contributed by atoms with Crippen molar-refractivity contribution in [3.8, 4) is 0 Å². The highest BCUT2D eigenvalue weighted by molar-refractivity contribution is 6.04. The van der Waals surface area contributed by atoms with Crippen molar-refractivity contribution in [2.75, 3.05) is 50.0 Å². The van der Waals surface area contributed by atoms with Gasteiger partial charge in [0.05, 0.1) is 12.1 Å². The first-order valence-electron chi connectivity index (χ1n) is 10.3. The van der Waals surface area contributed by atoms with Crippen molar-refractivity contribution in [3.05, 3.63) is 52.9 Å². The molecule has 2 aromatic rings. The molecule has 10 heteroatoms. The summed E-state index contributed by atoms with van der Waals surface area (Å²) in [4.78, 5) is 22.2. The minimum Gasteiger partial charge on any atom is -0.338 e. The Labute approximate surface area is 184 Å². The molecule has 32 heavy (non-hydrogen) atoms. The molecule has 0 atom stereocenters. The number of hydrogen-bond donors (Lipinski definition) is 1. The van der Waals surface area contributed by atoms with Gasteiger partial charge in [0.1, 0.15) is 5.84 Å². The molecule has 3 heterocycles. The van der Waals surface area contributed by atoms with Crippen LogP contribution in [0.25, 0.3) is 12.2 Å². The van der Waals surface area contributed by atoms with Crippen LogP contribution in [0.5, 0.6) is 0 Å². The second-order valence-corrected chi connectivity index (χ2v) is 7.88. The van der Waals surface area contributed by atoms with E-state index in [1.54, 1.807) is 18.2 Å². The summed E-state index contributed by atoms with van der Waals surface area (Å²) in [6.07, 6.45) is 0.701. The third-order valence-electron chi connectivity index (χ3n) is 5.19. The van der Waals surface area contributed by atoms with Crippen molar-refractivity contribution in [1.29, 1.82) is 0 Å². The van der Waals surface area contributed by atoms with Crippen molar-refractivity contribution < 1.29 is 13.2 Å². The fourth-order valence-corrected chi connectivity index (χ4v) is 3.37. The van der Waals surface area contributed by atoms with E-state index in [2.05, 4.69) is 42.1 Å². The molecule has 2 aliphatic rings. The summed E-state index contributed by atoms with van der Waals surface area (Å²) in [5.74, 6) is 1.90. The minimum absolute atomic E-state index is 0.349. The van der Waals surface area contributed by atoms with Crippen LogP contribution in [0.3, 0.4) is 0 Å². The van der Waals surface area contributed by atoms with E-state index >= 15 is 0 Å². The van der Waals surface area contributed by atoms with Crippen LogP contribution in [0.15, 0.2) is 40.9 Å². The number of aliphatic imine (C=N–C) groups is 1. The first-order chi connectivity index (χ1) is 15.3. The van der Waals surface area contributed by atoms with Gasteiger partial charge in [0.25, 0.3) is 0 Å². The molecule has 2 aliphatic heterocycles. The van der Waals surface area contributed by atoms with Gasteiger partial charge in [-0.05, 0) is 49.4 Å². The van der Waals surface area contributed by atoms with Gasteiger partial charge in [-0.2, -0.15) is 28.1 Å². The number of rotatable bonds is 4. The number of likely N-dealkylation sites (N-methyl/N-ethyl adjacent to an activating group) is 1. The summed E-state index contributed by atoms with van der Waals surface area (Å²) >= 11 is 0. The van der Waals surface area contributed by atoms with Crippen molar-refractivity contribution in [2.45, 2.75) is 13.1 Å². The van der Waals surface area contributed by atoms with E-state index in [-0.39, 0.29) is 0 Å². The molecule has 0 spiro atoms. The summed E-state index contributed by atoms with van der Waals surface area (Å²) in [6.45, 7) is 5.94. The van der Waals surface area contributed by atoms with E-state index in [4.69, 9.17) is 0 Å². The molecule has 0 amide bonds. The molecule has 1 N–H and O–H groups in total. The summed E-state index contributed by atoms with van der Waals surface area (Å²) in [5, 5.41) is 3.12. The van der Waals surface area contributed by atoms with Gasteiger partial charge in [0.2, 0.25) is 11.9 Å². The number of amidine groups is 1. The topological polar surface area (TPSA) is 69.5 Å². The van der Waals surface area contributed by atoms with E-state index in [1.165, 1.54) is 6.07 Å². The number of benzene rings is 1. The number of alkyl halides is 3. The Bertz CT molecular complexity index is 1070. The van der Waals surface area contributed by atoms with Crippen LogP contribution in [0.4, 0.5) is 25.1 Å². The highest BCUT2D eigenvalue weighted by atomic mass is 19.4. The molecular weight excluding hydrogens is 419 g/mol. The number of halogens is 3. The summed E-state index contributed by atoms with van der Waals surface area (Å²) in [7, 11) is 2.06. The van der Waals surface area contributed by atoms with E-state index in [0.717, 1.165) is 43.9 Å². The maximum Gasteiger partial charge on any atom is 0.416 e. The standard InChI is InChI=1S/C22H24F3N7/c1-15-12-19(26-14-15)28-20-27-18(29-21(30-20)32-10-8-31(2)9-11-32)7-6-16-4-3-5-17(13-16)22(23,24)25/h3-7,12-13H,8-11,14H2,1-2H3,(H,26,27,28,29,30)/b7-6+. The lowest BCUT2D eigenvalue weighted by atomic mass is 10.1. The Balaban J connectivity index is 1.62. The fourth-order valence-electron chi connectivity index (χ4n) is 3.37. The molecule has 7 nitrogen and oxygen atoms in total. The molecule has 1 saturated heterocycles. The van der Waals surface area contributed by atoms with Crippen LogP contribution >= 0.6 is 0 Å². The van der Waals surface area contributed by atoms with Crippen LogP contribution in [0, 0.1) is 0 Å². The normalized spacial score (nSPS) is 17.6. The van der Waals surface area contributed by atoms with Crippen molar-refractivity contribution >= 4 is 29.9 Å². The third-order valence-corrected chi connectivity index (χ3v) is 5.19. The summed E-state index contributed by atoms with van der Waals surface area (Å²) < 4.78 is 39.0. The molecule has 0 unspecified atom stereocenters. The molecule has 0 aliphatic carbocycles. The lowest BCUT2D eigenvalue weighted by Crippen LogP contribution is -2.45. The fraction of sp³-hybridized carbons (Fsp3) is 0.364. The Morgan fingerprint density at radius 1 is 1.03 bits per heavy atom. The van der Waals surface area contributed by atoms with Gasteiger partial charge in [0.15, 0.2) is 5.82 Å². The quantitative estimate of drug-likeness (QED) is 0.779. The second-order valence-electron chi connectivity index (χ2n) is 7.88. The smallest absolute Gasteiger partial charge is 0.338 e. The number of aromatic nitrogens is 3. The Morgan fingerprint density at radius 2 is 1.81 bits per heavy atom. The molecular formula is C22H24F3N7. The minimum atomic E-state index is -4.39. The molecule has 168 valence electrons. The number of anilines is 2. The van der Waals surface area contributed by atoms with Crippen molar-refractivity contribution in [2.24, 2.45) is 4.99 Å². The van der Waals surface area contributed by atoms with E-state index < -0.39 is 11.7 Å². The lowest BCUT2D eigenvalue weighted by Gasteiger charge is -2.32. The maximum atomic E-state index is 13.0. The molecule has 1 fully saturated rings. The zero-order valence-electron chi connectivity index (χ0n) is 17.9. The van der Waals surface area contributed by atoms with Gasteiger partial charge in [-0.15, -0.1) is 0 Å². The van der Waals surface area contributed by atoms with Gasteiger partial charge in [-0.3, -0.25) is 4.99 Å². The number of nitrogens with one attached hydrogen (secondary N) is 1. The zero-order chi connectivity index (χ0) is 22.7. The van der Waals surface area contributed by atoms with Crippen molar-refractivity contribution in [3.63, 3.8) is 0 Å². The largest absolute Gasteiger partial charge is 0.416 e. The second kappa shape index (κ2) is 9.07. The lowest BCUT2D eigenvalue weighted by molar-refractivity contribution is -0.137. The Hall–Kier alpha value is -3.27. The highest BCUT2D eigenvalue weighted by Crippen LogP contribution is 2.30. The monoisotopic (exact) mass is 443 g/mol.